The average molecular weight is 491 g/mol. The topological polar surface area (TPSA) is 96.5 Å². The highest BCUT2D eigenvalue weighted by molar-refractivity contribution is 8.00. The number of aromatic nitrogens is 1. The Morgan fingerprint density at radius 1 is 1.03 bits per heavy atom. The fourth-order valence-electron chi connectivity index (χ4n) is 4.41. The molecule has 8 heteroatoms. The number of carbonyl (C=O) groups excluding carboxylic acids is 4. The quantitative estimate of drug-likeness (QED) is 0.283. The first-order valence-electron chi connectivity index (χ1n) is 11.3. The summed E-state index contributed by atoms with van der Waals surface area (Å²) >= 11 is 1.27. The molecular weight excluding hydrogens is 464 g/mol. The van der Waals surface area contributed by atoms with E-state index in [4.69, 9.17) is 4.74 Å². The van der Waals surface area contributed by atoms with Gasteiger partial charge in [0, 0.05) is 28.4 Å². The molecule has 4 rings (SSSR count). The van der Waals surface area contributed by atoms with Gasteiger partial charge in [0.25, 0.3) is 0 Å². The number of fused-ring (bicyclic) bond motifs is 1. The van der Waals surface area contributed by atoms with Crippen molar-refractivity contribution >= 4 is 40.9 Å². The largest absolute Gasteiger partial charge is 0.454 e. The van der Waals surface area contributed by atoms with Crippen LogP contribution in [-0.2, 0) is 16.0 Å². The Bertz CT molecular complexity index is 1330. The lowest BCUT2D eigenvalue weighted by Gasteiger charge is -2.17. The first-order valence-corrected chi connectivity index (χ1v) is 12.3. The molecule has 0 aliphatic carbocycles. The number of H-pyrrole nitrogens is 1. The number of hydrogen-bond acceptors (Lipinski definition) is 6. The van der Waals surface area contributed by atoms with Gasteiger partial charge in [-0.25, -0.2) is 4.79 Å². The Morgan fingerprint density at radius 2 is 1.74 bits per heavy atom. The van der Waals surface area contributed by atoms with Crippen molar-refractivity contribution in [3.63, 3.8) is 0 Å². The van der Waals surface area contributed by atoms with Crippen molar-refractivity contribution in [1.82, 2.24) is 4.98 Å². The van der Waals surface area contributed by atoms with Gasteiger partial charge in [0.2, 0.25) is 11.7 Å². The van der Waals surface area contributed by atoms with Crippen molar-refractivity contribution in [2.75, 3.05) is 23.8 Å². The van der Waals surface area contributed by atoms with E-state index in [1.165, 1.54) is 18.7 Å². The number of aromatic amines is 1. The number of Topliss-reactive ketones (excluding diaryl/α,β-unsaturated/α-hetero) is 2. The number of nitrogens with one attached hydrogen (secondary N) is 1. The lowest BCUT2D eigenvalue weighted by Crippen LogP contribution is -2.30. The molecule has 1 aromatic heterocycles. The van der Waals surface area contributed by atoms with Gasteiger partial charge in [0.1, 0.15) is 0 Å². The molecule has 0 spiro atoms. The Hall–Kier alpha value is -3.65. The molecule has 1 amide bonds. The van der Waals surface area contributed by atoms with Gasteiger partial charge in [-0.15, -0.1) is 11.8 Å². The maximum Gasteiger partial charge on any atom is 0.339 e. The third-order valence-electron chi connectivity index (χ3n) is 6.05. The van der Waals surface area contributed by atoms with Crippen molar-refractivity contribution in [3.8, 4) is 0 Å². The highest BCUT2D eigenvalue weighted by Crippen LogP contribution is 2.30. The Labute approximate surface area is 207 Å². The van der Waals surface area contributed by atoms with Gasteiger partial charge in [-0.2, -0.15) is 0 Å². The summed E-state index contributed by atoms with van der Waals surface area (Å²) in [4.78, 5) is 55.4. The van der Waals surface area contributed by atoms with Crippen molar-refractivity contribution in [3.05, 3.63) is 82.2 Å². The van der Waals surface area contributed by atoms with Crippen LogP contribution in [0.3, 0.4) is 0 Å². The average Bonchev–Trinajstić information content (AvgIpc) is 3.41. The number of thioether (sulfide) groups is 1. The van der Waals surface area contributed by atoms with Crippen LogP contribution in [0.4, 0.5) is 5.69 Å². The number of anilines is 1. The third kappa shape index (κ3) is 5.07. The zero-order chi connectivity index (χ0) is 25.1. The fraction of sp³-hybridized carbons (Fsp3) is 0.259. The van der Waals surface area contributed by atoms with Crippen LogP contribution in [0, 0.1) is 13.8 Å². The molecule has 1 N–H and O–H groups in total. The number of para-hydroxylation sites is 1. The molecule has 2 aromatic carbocycles. The molecule has 0 atom stereocenters. The molecule has 180 valence electrons. The molecule has 0 radical (unpaired) electrons. The van der Waals surface area contributed by atoms with E-state index in [9.17, 15) is 19.2 Å². The fourth-order valence-corrected chi connectivity index (χ4v) is 5.33. The summed E-state index contributed by atoms with van der Waals surface area (Å²) in [6, 6.07) is 14.7. The number of nitrogens with zero attached hydrogens (tertiary/aromatic N) is 1. The third-order valence-corrected chi connectivity index (χ3v) is 7.11. The van der Waals surface area contributed by atoms with Crippen LogP contribution in [0.2, 0.25) is 0 Å². The molecule has 35 heavy (non-hydrogen) atoms. The van der Waals surface area contributed by atoms with Crippen LogP contribution in [0.25, 0.3) is 0 Å². The molecule has 0 saturated carbocycles. The van der Waals surface area contributed by atoms with Gasteiger partial charge >= 0.3 is 5.97 Å². The predicted molar refractivity (Wildman–Crippen MR) is 135 cm³/mol. The normalized spacial score (nSPS) is 12.4. The van der Waals surface area contributed by atoms with Gasteiger partial charge in [0.15, 0.2) is 12.4 Å². The molecule has 0 bridgehead atoms. The van der Waals surface area contributed by atoms with E-state index in [1.807, 2.05) is 24.3 Å². The summed E-state index contributed by atoms with van der Waals surface area (Å²) in [5.74, 6) is -1.05. The van der Waals surface area contributed by atoms with E-state index >= 15 is 0 Å². The first kappa shape index (κ1) is 24.5. The molecule has 0 saturated heterocycles. The Kier molecular flexibility index (Phi) is 7.21. The van der Waals surface area contributed by atoms with Crippen molar-refractivity contribution in [1.29, 1.82) is 0 Å². The lowest BCUT2D eigenvalue weighted by molar-refractivity contribution is -0.116. The van der Waals surface area contributed by atoms with Gasteiger partial charge in [-0.3, -0.25) is 14.4 Å². The number of carbonyl (C=O) groups is 4. The van der Waals surface area contributed by atoms with E-state index in [1.54, 1.807) is 43.0 Å². The van der Waals surface area contributed by atoms with Crippen LogP contribution in [0.5, 0.6) is 0 Å². The predicted octanol–water partition coefficient (Wildman–Crippen LogP) is 4.56. The van der Waals surface area contributed by atoms with Gasteiger partial charge in [-0.1, -0.05) is 30.3 Å². The Balaban J connectivity index is 1.40. The van der Waals surface area contributed by atoms with Gasteiger partial charge in [0.05, 0.1) is 17.0 Å². The number of esters is 1. The Morgan fingerprint density at radius 3 is 2.49 bits per heavy atom. The minimum absolute atomic E-state index is 0.0304. The molecular formula is C27H26N2O5S. The van der Waals surface area contributed by atoms with E-state index < -0.39 is 18.4 Å². The van der Waals surface area contributed by atoms with Gasteiger partial charge in [-0.05, 0) is 56.5 Å². The summed E-state index contributed by atoms with van der Waals surface area (Å²) in [6.45, 7) is 5.05. The standard InChI is InChI=1S/C27H26N2O5S/c1-16-25(18(3)30)17(2)28-26(16)22(31)14-34-27(33)20-9-5-7-11-23(20)35-15-24(32)29-13-12-19-8-4-6-10-21(19)29/h4-11,28H,12-15H2,1-3H3. The van der Waals surface area contributed by atoms with Crippen LogP contribution < -0.4 is 4.90 Å². The molecule has 1 aliphatic heterocycles. The molecule has 3 aromatic rings. The SMILES string of the molecule is CC(=O)c1c(C)[nH]c(C(=O)COC(=O)c2ccccc2SCC(=O)N2CCc3ccccc32)c1C. The second-order valence-corrected chi connectivity index (χ2v) is 9.41. The zero-order valence-corrected chi connectivity index (χ0v) is 20.7. The smallest absolute Gasteiger partial charge is 0.339 e. The minimum atomic E-state index is -0.645. The maximum atomic E-state index is 12.9. The number of ketones is 2. The highest BCUT2D eigenvalue weighted by atomic mass is 32.2. The van der Waals surface area contributed by atoms with Crippen LogP contribution in [0.1, 0.15) is 54.9 Å². The number of hydrogen-bond donors (Lipinski definition) is 1. The number of ether oxygens (including phenoxy) is 1. The van der Waals surface area contributed by atoms with E-state index in [0.29, 0.717) is 33.8 Å². The summed E-state index contributed by atoms with van der Waals surface area (Å²) in [7, 11) is 0. The van der Waals surface area contributed by atoms with E-state index in [-0.39, 0.29) is 23.1 Å². The second-order valence-electron chi connectivity index (χ2n) is 8.39. The van der Waals surface area contributed by atoms with Crippen molar-refractivity contribution in [2.45, 2.75) is 32.1 Å². The highest BCUT2D eigenvalue weighted by Gasteiger charge is 2.25. The number of amides is 1. The number of aryl methyl sites for hydroxylation is 1. The number of rotatable bonds is 8. The second kappa shape index (κ2) is 10.3. The molecule has 0 unspecified atom stereocenters. The number of benzene rings is 2. The summed E-state index contributed by atoms with van der Waals surface area (Å²) in [5.41, 5.74) is 4.29. The molecule has 1 aliphatic rings. The van der Waals surface area contributed by atoms with E-state index in [0.717, 1.165) is 17.7 Å². The zero-order valence-electron chi connectivity index (χ0n) is 19.8. The van der Waals surface area contributed by atoms with Gasteiger partial charge < -0.3 is 14.6 Å². The molecule has 0 fully saturated rings. The monoisotopic (exact) mass is 490 g/mol. The van der Waals surface area contributed by atoms with Crippen molar-refractivity contribution < 1.29 is 23.9 Å². The summed E-state index contributed by atoms with van der Waals surface area (Å²) in [5, 5.41) is 0. The summed E-state index contributed by atoms with van der Waals surface area (Å²) in [6.07, 6.45) is 0.831. The van der Waals surface area contributed by atoms with E-state index in [2.05, 4.69) is 4.98 Å². The summed E-state index contributed by atoms with van der Waals surface area (Å²) < 4.78 is 5.30. The first-order chi connectivity index (χ1) is 16.8. The maximum absolute atomic E-state index is 12.9. The minimum Gasteiger partial charge on any atom is -0.454 e. The molecule has 2 heterocycles. The lowest BCUT2D eigenvalue weighted by atomic mass is 10.1. The molecule has 7 nitrogen and oxygen atoms in total. The van der Waals surface area contributed by atoms with Crippen LogP contribution in [-0.4, -0.2) is 47.3 Å². The van der Waals surface area contributed by atoms with Crippen LogP contribution in [0.15, 0.2) is 53.4 Å². The van der Waals surface area contributed by atoms with Crippen molar-refractivity contribution in [2.24, 2.45) is 0 Å². The van der Waals surface area contributed by atoms with Crippen LogP contribution >= 0.6 is 11.8 Å².